The summed E-state index contributed by atoms with van der Waals surface area (Å²) >= 11 is 0. The van der Waals surface area contributed by atoms with E-state index in [0.29, 0.717) is 12.0 Å². The monoisotopic (exact) mass is 405 g/mol. The molecule has 9 heteroatoms. The highest BCUT2D eigenvalue weighted by Gasteiger charge is 2.30. The Morgan fingerprint density at radius 2 is 1.89 bits per heavy atom. The number of rotatable bonds is 7. The minimum absolute atomic E-state index is 0.0324. The van der Waals surface area contributed by atoms with Gasteiger partial charge in [-0.15, -0.1) is 0 Å². The highest BCUT2D eigenvalue weighted by atomic mass is 32.2. The van der Waals surface area contributed by atoms with Crippen molar-refractivity contribution in [2.75, 3.05) is 13.7 Å². The zero-order valence-electron chi connectivity index (χ0n) is 15.1. The SMILES string of the molecule is COc1ccccc1S(=O)(=O)NCc1ccc(C(=O)O[C@H]2CCOC2=O)cc1. The Labute approximate surface area is 162 Å². The highest BCUT2D eigenvalue weighted by Crippen LogP contribution is 2.22. The van der Waals surface area contributed by atoms with Gasteiger partial charge in [0.05, 0.1) is 19.3 Å². The van der Waals surface area contributed by atoms with E-state index in [1.807, 2.05) is 0 Å². The van der Waals surface area contributed by atoms with E-state index in [1.54, 1.807) is 30.3 Å². The van der Waals surface area contributed by atoms with Crippen LogP contribution in [-0.2, 0) is 30.8 Å². The Bertz CT molecular complexity index is 970. The summed E-state index contributed by atoms with van der Waals surface area (Å²) in [7, 11) is -2.37. The van der Waals surface area contributed by atoms with E-state index >= 15 is 0 Å². The maximum atomic E-state index is 12.5. The molecule has 2 aromatic carbocycles. The molecule has 0 radical (unpaired) electrons. The van der Waals surface area contributed by atoms with Crippen LogP contribution in [0.25, 0.3) is 0 Å². The van der Waals surface area contributed by atoms with Crippen molar-refractivity contribution in [3.63, 3.8) is 0 Å². The number of sulfonamides is 1. The van der Waals surface area contributed by atoms with Crippen molar-refractivity contribution in [3.8, 4) is 5.75 Å². The Balaban J connectivity index is 1.62. The maximum absolute atomic E-state index is 12.5. The van der Waals surface area contributed by atoms with Crippen molar-refractivity contribution in [1.82, 2.24) is 4.72 Å². The molecule has 1 heterocycles. The number of para-hydroxylation sites is 1. The third kappa shape index (κ3) is 4.49. The van der Waals surface area contributed by atoms with Gasteiger partial charge in [0, 0.05) is 13.0 Å². The quantitative estimate of drug-likeness (QED) is 0.698. The van der Waals surface area contributed by atoms with Gasteiger partial charge in [-0.2, -0.15) is 0 Å². The van der Waals surface area contributed by atoms with Crippen LogP contribution in [0.3, 0.4) is 0 Å². The Kier molecular flexibility index (Phi) is 5.96. The maximum Gasteiger partial charge on any atom is 0.347 e. The lowest BCUT2D eigenvalue weighted by Crippen LogP contribution is -2.24. The summed E-state index contributed by atoms with van der Waals surface area (Å²) in [4.78, 5) is 23.5. The van der Waals surface area contributed by atoms with Crippen LogP contribution in [0.2, 0.25) is 0 Å². The molecule has 0 bridgehead atoms. The first-order valence-corrected chi connectivity index (χ1v) is 9.98. The molecule has 148 valence electrons. The molecule has 3 rings (SSSR count). The van der Waals surface area contributed by atoms with E-state index in [2.05, 4.69) is 4.72 Å². The smallest absolute Gasteiger partial charge is 0.347 e. The molecule has 1 fully saturated rings. The number of ether oxygens (including phenoxy) is 3. The standard InChI is InChI=1S/C19H19NO7S/c1-25-15-4-2-3-5-17(15)28(23,24)20-12-13-6-8-14(9-7-13)18(21)27-16-10-11-26-19(16)22/h2-9,16,20H,10-12H2,1H3/t16-/m0/s1. The van der Waals surface area contributed by atoms with Crippen molar-refractivity contribution in [2.45, 2.75) is 24.0 Å². The first kappa shape index (κ1) is 19.8. The fourth-order valence-corrected chi connectivity index (χ4v) is 3.82. The molecule has 1 atom stereocenters. The lowest BCUT2D eigenvalue weighted by atomic mass is 10.1. The second-order valence-electron chi connectivity index (χ2n) is 6.02. The van der Waals surface area contributed by atoms with E-state index in [9.17, 15) is 18.0 Å². The van der Waals surface area contributed by atoms with E-state index in [-0.39, 0.29) is 29.4 Å². The van der Waals surface area contributed by atoms with E-state index < -0.39 is 28.1 Å². The molecule has 0 saturated carbocycles. The van der Waals surface area contributed by atoms with Crippen molar-refractivity contribution >= 4 is 22.0 Å². The van der Waals surface area contributed by atoms with Gasteiger partial charge in [0.15, 0.2) is 0 Å². The molecule has 0 unspecified atom stereocenters. The van der Waals surface area contributed by atoms with Gasteiger partial charge in [0.1, 0.15) is 10.6 Å². The topological polar surface area (TPSA) is 108 Å². The lowest BCUT2D eigenvalue weighted by molar-refractivity contribution is -0.145. The molecule has 0 aromatic heterocycles. The summed E-state index contributed by atoms with van der Waals surface area (Å²) in [6, 6.07) is 12.5. The van der Waals surface area contributed by atoms with Crippen molar-refractivity contribution in [3.05, 3.63) is 59.7 Å². The molecular formula is C19H19NO7S. The third-order valence-corrected chi connectivity index (χ3v) is 5.59. The summed E-state index contributed by atoms with van der Waals surface area (Å²) in [5.41, 5.74) is 0.909. The van der Waals surface area contributed by atoms with Gasteiger partial charge < -0.3 is 14.2 Å². The number of methoxy groups -OCH3 is 1. The number of carbonyl (C=O) groups excluding carboxylic acids is 2. The summed E-state index contributed by atoms with van der Waals surface area (Å²) in [5, 5.41) is 0. The summed E-state index contributed by atoms with van der Waals surface area (Å²) in [6.45, 7) is 0.271. The van der Waals surface area contributed by atoms with Crippen LogP contribution in [0.1, 0.15) is 22.3 Å². The molecule has 0 spiro atoms. The minimum atomic E-state index is -3.77. The summed E-state index contributed by atoms with van der Waals surface area (Å²) in [5.74, 6) is -0.931. The van der Waals surface area contributed by atoms with Crippen LogP contribution in [0.4, 0.5) is 0 Å². The van der Waals surface area contributed by atoms with Gasteiger partial charge in [0.2, 0.25) is 16.1 Å². The van der Waals surface area contributed by atoms with Crippen LogP contribution < -0.4 is 9.46 Å². The molecule has 0 aliphatic carbocycles. The number of nitrogens with one attached hydrogen (secondary N) is 1. The van der Waals surface area contributed by atoms with Gasteiger partial charge in [-0.3, -0.25) is 0 Å². The summed E-state index contributed by atoms with van der Waals surface area (Å²) < 4.78 is 42.4. The van der Waals surface area contributed by atoms with Gasteiger partial charge in [-0.25, -0.2) is 22.7 Å². The van der Waals surface area contributed by atoms with Crippen molar-refractivity contribution in [1.29, 1.82) is 0 Å². The van der Waals surface area contributed by atoms with Crippen LogP contribution >= 0.6 is 0 Å². The van der Waals surface area contributed by atoms with E-state index in [1.165, 1.54) is 25.3 Å². The Morgan fingerprint density at radius 3 is 2.54 bits per heavy atom. The Morgan fingerprint density at radius 1 is 1.18 bits per heavy atom. The average Bonchev–Trinajstić information content (AvgIpc) is 3.11. The first-order chi connectivity index (χ1) is 13.4. The number of carbonyl (C=O) groups is 2. The zero-order valence-corrected chi connectivity index (χ0v) is 15.9. The van der Waals surface area contributed by atoms with Gasteiger partial charge in [0.25, 0.3) is 0 Å². The largest absolute Gasteiger partial charge is 0.495 e. The highest BCUT2D eigenvalue weighted by molar-refractivity contribution is 7.89. The first-order valence-electron chi connectivity index (χ1n) is 8.50. The second kappa shape index (κ2) is 8.41. The predicted octanol–water partition coefficient (Wildman–Crippen LogP) is 1.65. The number of hydrogen-bond acceptors (Lipinski definition) is 7. The van der Waals surface area contributed by atoms with Crippen LogP contribution in [0.5, 0.6) is 5.75 Å². The molecule has 1 N–H and O–H groups in total. The number of esters is 2. The number of benzene rings is 2. The molecule has 8 nitrogen and oxygen atoms in total. The summed E-state index contributed by atoms with van der Waals surface area (Å²) in [6.07, 6.45) is -0.534. The van der Waals surface area contributed by atoms with Gasteiger partial charge in [-0.1, -0.05) is 24.3 Å². The fraction of sp³-hybridized carbons (Fsp3) is 0.263. The molecule has 1 aliphatic rings. The molecule has 2 aromatic rings. The van der Waals surface area contributed by atoms with Gasteiger partial charge >= 0.3 is 11.9 Å². The van der Waals surface area contributed by atoms with Crippen molar-refractivity contribution < 1.29 is 32.2 Å². The molecular weight excluding hydrogens is 386 g/mol. The minimum Gasteiger partial charge on any atom is -0.495 e. The zero-order chi connectivity index (χ0) is 20.1. The molecule has 28 heavy (non-hydrogen) atoms. The fourth-order valence-electron chi connectivity index (χ4n) is 2.64. The number of cyclic esters (lactones) is 1. The van der Waals surface area contributed by atoms with Crippen LogP contribution in [0.15, 0.2) is 53.4 Å². The Hall–Kier alpha value is -2.91. The predicted molar refractivity (Wildman–Crippen MR) is 98.2 cm³/mol. The van der Waals surface area contributed by atoms with E-state index in [4.69, 9.17) is 14.2 Å². The average molecular weight is 405 g/mol. The van der Waals surface area contributed by atoms with Gasteiger partial charge in [-0.05, 0) is 29.8 Å². The molecule has 0 amide bonds. The number of hydrogen-bond donors (Lipinski definition) is 1. The third-order valence-electron chi connectivity index (χ3n) is 4.15. The normalized spacial score (nSPS) is 16.5. The second-order valence-corrected chi connectivity index (χ2v) is 7.76. The lowest BCUT2D eigenvalue weighted by Gasteiger charge is -2.11. The van der Waals surface area contributed by atoms with Crippen molar-refractivity contribution in [2.24, 2.45) is 0 Å². The molecule has 1 saturated heterocycles. The van der Waals surface area contributed by atoms with Crippen LogP contribution in [0, 0.1) is 0 Å². The van der Waals surface area contributed by atoms with Crippen LogP contribution in [-0.4, -0.2) is 40.2 Å². The molecule has 1 aliphatic heterocycles. The van der Waals surface area contributed by atoms with E-state index in [0.717, 1.165) is 0 Å².